The van der Waals surface area contributed by atoms with Gasteiger partial charge < -0.3 is 14.6 Å². The number of carboxylic acid groups (broad SMARTS) is 1. The van der Waals surface area contributed by atoms with E-state index >= 15 is 0 Å². The van der Waals surface area contributed by atoms with Crippen molar-refractivity contribution in [1.82, 2.24) is 4.98 Å². The molecular weight excluding hydrogens is 320 g/mol. The van der Waals surface area contributed by atoms with E-state index in [-0.39, 0.29) is 12.7 Å². The van der Waals surface area contributed by atoms with Gasteiger partial charge in [-0.15, -0.1) is 11.3 Å². The Morgan fingerprint density at radius 2 is 2.13 bits per heavy atom. The molecule has 8 heteroatoms. The number of hydrogen-bond acceptors (Lipinski definition) is 6. The number of nitrogens with one attached hydrogen (secondary N) is 1. The predicted molar refractivity (Wildman–Crippen MR) is 81.3 cm³/mol. The zero-order valence-electron chi connectivity index (χ0n) is 11.9. The second-order valence-corrected chi connectivity index (χ2v) is 6.36. The molecule has 1 aliphatic carbocycles. The maximum atomic E-state index is 12.3. The van der Waals surface area contributed by atoms with Crippen LogP contribution in [0.5, 0.6) is 11.5 Å². The van der Waals surface area contributed by atoms with E-state index in [9.17, 15) is 14.7 Å². The van der Waals surface area contributed by atoms with Crippen LogP contribution in [0.15, 0.2) is 18.2 Å². The van der Waals surface area contributed by atoms with Crippen LogP contribution in [0.2, 0.25) is 0 Å². The summed E-state index contributed by atoms with van der Waals surface area (Å²) in [5.74, 6) is -0.618. The van der Waals surface area contributed by atoms with E-state index in [2.05, 4.69) is 10.3 Å². The van der Waals surface area contributed by atoms with Gasteiger partial charge in [0.2, 0.25) is 6.79 Å². The summed E-state index contributed by atoms with van der Waals surface area (Å²) in [5, 5.41) is 12.3. The largest absolute Gasteiger partial charge is 0.481 e. The van der Waals surface area contributed by atoms with Crippen LogP contribution in [0.25, 0.3) is 0 Å². The topological polar surface area (TPSA) is 97.8 Å². The molecule has 7 nitrogen and oxygen atoms in total. The van der Waals surface area contributed by atoms with Gasteiger partial charge in [0.1, 0.15) is 5.92 Å². The second-order valence-electron chi connectivity index (χ2n) is 5.28. The quantitative estimate of drug-likeness (QED) is 0.894. The Labute approximate surface area is 134 Å². The van der Waals surface area contributed by atoms with Gasteiger partial charge in [-0.2, -0.15) is 0 Å². The van der Waals surface area contributed by atoms with Gasteiger partial charge in [-0.3, -0.25) is 14.9 Å². The molecule has 1 amide bonds. The molecule has 2 N–H and O–H groups in total. The molecular formula is C15H12N2O5S. The first-order valence-corrected chi connectivity index (χ1v) is 7.87. The van der Waals surface area contributed by atoms with Crippen LogP contribution < -0.4 is 14.8 Å². The predicted octanol–water partition coefficient (Wildman–Crippen LogP) is 2.24. The van der Waals surface area contributed by atoms with Gasteiger partial charge >= 0.3 is 5.97 Å². The van der Waals surface area contributed by atoms with Gasteiger partial charge in [0.15, 0.2) is 16.6 Å². The first kappa shape index (κ1) is 14.0. The summed E-state index contributed by atoms with van der Waals surface area (Å²) in [5.41, 5.74) is 1.00. The average molecular weight is 332 g/mol. The summed E-state index contributed by atoms with van der Waals surface area (Å²) < 4.78 is 10.5. The van der Waals surface area contributed by atoms with E-state index in [0.717, 1.165) is 4.88 Å². The van der Waals surface area contributed by atoms with Crippen molar-refractivity contribution < 1.29 is 24.2 Å². The zero-order chi connectivity index (χ0) is 16.0. The molecule has 1 atom stereocenters. The lowest BCUT2D eigenvalue weighted by Crippen LogP contribution is -2.13. The molecule has 0 saturated heterocycles. The highest BCUT2D eigenvalue weighted by atomic mass is 32.1. The van der Waals surface area contributed by atoms with Crippen LogP contribution in [0.3, 0.4) is 0 Å². The van der Waals surface area contributed by atoms with E-state index in [1.807, 2.05) is 0 Å². The lowest BCUT2D eigenvalue weighted by molar-refractivity contribution is -0.138. The minimum atomic E-state index is -0.873. The van der Waals surface area contributed by atoms with Gasteiger partial charge in [0.25, 0.3) is 5.91 Å². The maximum absolute atomic E-state index is 12.3. The number of anilines is 1. The molecule has 1 aromatic heterocycles. The minimum Gasteiger partial charge on any atom is -0.481 e. The van der Waals surface area contributed by atoms with Crippen LogP contribution >= 0.6 is 11.3 Å². The number of aliphatic carboxylic acids is 1. The highest BCUT2D eigenvalue weighted by molar-refractivity contribution is 7.16. The number of amides is 1. The highest BCUT2D eigenvalue weighted by Gasteiger charge is 2.32. The molecule has 2 aliphatic rings. The van der Waals surface area contributed by atoms with Crippen LogP contribution in [-0.4, -0.2) is 28.8 Å². The Hall–Kier alpha value is -2.61. The number of hydrogen-bond donors (Lipinski definition) is 2. The van der Waals surface area contributed by atoms with Crippen LogP contribution in [0, 0.1) is 0 Å². The molecule has 0 radical (unpaired) electrons. The first-order chi connectivity index (χ1) is 11.1. The molecule has 0 spiro atoms. The lowest BCUT2D eigenvalue weighted by atomic mass is 10.1. The van der Waals surface area contributed by atoms with Crippen LogP contribution in [0.1, 0.15) is 33.3 Å². The van der Waals surface area contributed by atoms with Crippen LogP contribution in [-0.2, 0) is 11.2 Å². The standard InChI is InChI=1S/C15H12N2O5S/c18-13(7-1-3-9-10(5-7)22-6-21-9)17-15-16-12-8(14(19)20)2-4-11(12)23-15/h1,3,5,8H,2,4,6H2,(H,19,20)(H,16,17,18)/t8-/m0/s1. The van der Waals surface area contributed by atoms with Crippen molar-refractivity contribution in [2.24, 2.45) is 0 Å². The second kappa shape index (κ2) is 5.24. The Morgan fingerprint density at radius 1 is 1.30 bits per heavy atom. The number of nitrogens with zero attached hydrogens (tertiary/aromatic N) is 1. The Bertz CT molecular complexity index is 816. The Balaban J connectivity index is 1.54. The Kier molecular flexibility index (Phi) is 3.19. The van der Waals surface area contributed by atoms with Crippen molar-refractivity contribution in [3.8, 4) is 11.5 Å². The smallest absolute Gasteiger partial charge is 0.312 e. The van der Waals surface area contributed by atoms with Gasteiger partial charge in [0.05, 0.1) is 5.69 Å². The van der Waals surface area contributed by atoms with Gasteiger partial charge in [-0.25, -0.2) is 4.98 Å². The number of thiazole rings is 1. The number of carbonyl (C=O) groups excluding carboxylic acids is 1. The normalized spacial score (nSPS) is 17.8. The fourth-order valence-corrected chi connectivity index (χ4v) is 3.76. The molecule has 0 fully saturated rings. The average Bonchev–Trinajstić information content (AvgIpc) is 3.20. The number of carbonyl (C=O) groups is 2. The molecule has 4 rings (SSSR count). The number of carboxylic acids is 1. The van der Waals surface area contributed by atoms with E-state index < -0.39 is 11.9 Å². The number of aromatic nitrogens is 1. The summed E-state index contributed by atoms with van der Waals surface area (Å²) >= 11 is 1.33. The third kappa shape index (κ3) is 2.40. The number of ether oxygens (including phenoxy) is 2. The van der Waals surface area contributed by atoms with Gasteiger partial charge in [-0.1, -0.05) is 0 Å². The van der Waals surface area contributed by atoms with Crippen molar-refractivity contribution in [2.45, 2.75) is 18.8 Å². The van der Waals surface area contributed by atoms with E-state index in [0.29, 0.717) is 40.7 Å². The molecule has 2 aromatic rings. The molecule has 1 aromatic carbocycles. The summed E-state index contributed by atoms with van der Waals surface area (Å²) in [6.45, 7) is 0.149. The van der Waals surface area contributed by atoms with Crippen molar-refractivity contribution in [3.63, 3.8) is 0 Å². The number of rotatable bonds is 3. The van der Waals surface area contributed by atoms with Crippen molar-refractivity contribution >= 4 is 28.3 Å². The maximum Gasteiger partial charge on any atom is 0.312 e. The number of aryl methyl sites for hydroxylation is 1. The monoisotopic (exact) mass is 332 g/mol. The molecule has 0 saturated carbocycles. The van der Waals surface area contributed by atoms with Gasteiger partial charge in [-0.05, 0) is 31.0 Å². The summed E-state index contributed by atoms with van der Waals surface area (Å²) in [6.07, 6.45) is 1.25. The van der Waals surface area contributed by atoms with E-state index in [1.54, 1.807) is 18.2 Å². The summed E-state index contributed by atoms with van der Waals surface area (Å²) in [6, 6.07) is 4.93. The third-order valence-electron chi connectivity index (χ3n) is 3.87. The van der Waals surface area contributed by atoms with Crippen LogP contribution in [0.4, 0.5) is 5.13 Å². The molecule has 23 heavy (non-hydrogen) atoms. The van der Waals surface area contributed by atoms with E-state index in [1.165, 1.54) is 11.3 Å². The van der Waals surface area contributed by atoms with Gasteiger partial charge in [0, 0.05) is 10.4 Å². The lowest BCUT2D eigenvalue weighted by Gasteiger charge is -2.04. The Morgan fingerprint density at radius 3 is 2.96 bits per heavy atom. The van der Waals surface area contributed by atoms with E-state index in [4.69, 9.17) is 9.47 Å². The molecule has 1 aliphatic heterocycles. The van der Waals surface area contributed by atoms with Crippen molar-refractivity contribution in [1.29, 1.82) is 0 Å². The minimum absolute atomic E-state index is 0.149. The summed E-state index contributed by atoms with van der Waals surface area (Å²) in [7, 11) is 0. The number of benzene rings is 1. The molecule has 118 valence electrons. The third-order valence-corrected chi connectivity index (χ3v) is 4.92. The fraction of sp³-hybridized carbons (Fsp3) is 0.267. The molecule has 0 bridgehead atoms. The SMILES string of the molecule is O=C(Nc1nc2c(s1)CC[C@@H]2C(=O)O)c1ccc2c(c1)OCO2. The molecule has 0 unspecified atom stereocenters. The molecule has 2 heterocycles. The first-order valence-electron chi connectivity index (χ1n) is 7.05. The zero-order valence-corrected chi connectivity index (χ0v) is 12.7. The van der Waals surface area contributed by atoms with Crippen molar-refractivity contribution in [2.75, 3.05) is 12.1 Å². The highest BCUT2D eigenvalue weighted by Crippen LogP contribution is 2.38. The number of fused-ring (bicyclic) bond motifs is 2. The van der Waals surface area contributed by atoms with Crippen molar-refractivity contribution in [3.05, 3.63) is 34.3 Å². The summed E-state index contributed by atoms with van der Waals surface area (Å²) in [4.78, 5) is 28.7. The fourth-order valence-electron chi connectivity index (χ4n) is 2.73.